The van der Waals surface area contributed by atoms with E-state index in [0.29, 0.717) is 18.5 Å². The molecule has 0 saturated carbocycles. The van der Waals surface area contributed by atoms with Crippen LogP contribution >= 0.6 is 11.3 Å². The molecule has 1 aliphatic carbocycles. The van der Waals surface area contributed by atoms with E-state index in [1.807, 2.05) is 60.7 Å². The van der Waals surface area contributed by atoms with Crippen molar-refractivity contribution in [3.63, 3.8) is 0 Å². The predicted octanol–water partition coefficient (Wildman–Crippen LogP) is 4.24. The number of hydrogen-bond acceptors (Lipinski definition) is 5. The van der Waals surface area contributed by atoms with E-state index in [4.69, 9.17) is 0 Å². The summed E-state index contributed by atoms with van der Waals surface area (Å²) in [6.45, 7) is 0.119. The number of benzene rings is 2. The lowest BCUT2D eigenvalue weighted by Gasteiger charge is -2.14. The number of hydrogen-bond donors (Lipinski definition) is 1. The van der Waals surface area contributed by atoms with Crippen LogP contribution in [0, 0.1) is 11.8 Å². The molecule has 1 fully saturated rings. The second kappa shape index (κ2) is 8.07. The van der Waals surface area contributed by atoms with Gasteiger partial charge in [-0.25, -0.2) is 4.98 Å². The summed E-state index contributed by atoms with van der Waals surface area (Å²) in [5.41, 5.74) is 2.55. The number of para-hydroxylation sites is 1. The molecule has 2 aromatic carbocycles. The number of carbonyl (C=O) groups is 3. The first-order chi connectivity index (χ1) is 15.1. The van der Waals surface area contributed by atoms with Crippen LogP contribution in [0.1, 0.15) is 19.3 Å². The second-order valence-corrected chi connectivity index (χ2v) is 8.88. The van der Waals surface area contributed by atoms with Crippen LogP contribution in [0.5, 0.6) is 0 Å². The van der Waals surface area contributed by atoms with Crippen LogP contribution in [0.4, 0.5) is 5.69 Å². The normalized spacial score (nSPS) is 20.3. The fourth-order valence-electron chi connectivity index (χ4n) is 4.25. The maximum atomic E-state index is 12.5. The number of aromatic nitrogens is 1. The molecule has 3 aromatic rings. The van der Waals surface area contributed by atoms with Crippen molar-refractivity contribution >= 4 is 45.0 Å². The van der Waals surface area contributed by atoms with Crippen LogP contribution in [0.3, 0.4) is 0 Å². The van der Waals surface area contributed by atoms with E-state index in [9.17, 15) is 14.4 Å². The Balaban J connectivity index is 1.23. The van der Waals surface area contributed by atoms with E-state index in [-0.39, 0.29) is 42.5 Å². The number of carbonyl (C=O) groups excluding carboxylic acids is 3. The van der Waals surface area contributed by atoms with Gasteiger partial charge in [0, 0.05) is 24.2 Å². The van der Waals surface area contributed by atoms with Gasteiger partial charge < -0.3 is 5.32 Å². The van der Waals surface area contributed by atoms with Crippen molar-refractivity contribution in [1.82, 2.24) is 9.88 Å². The molecule has 0 spiro atoms. The minimum absolute atomic E-state index is 0.0791. The summed E-state index contributed by atoms with van der Waals surface area (Å²) in [5.74, 6) is -1.04. The van der Waals surface area contributed by atoms with E-state index in [0.717, 1.165) is 20.8 Å². The van der Waals surface area contributed by atoms with Gasteiger partial charge in [-0.15, -0.1) is 11.3 Å². The maximum Gasteiger partial charge on any atom is 0.233 e. The average molecular weight is 432 g/mol. The van der Waals surface area contributed by atoms with Gasteiger partial charge in [-0.1, -0.05) is 36.4 Å². The third-order valence-electron chi connectivity index (χ3n) is 5.85. The van der Waals surface area contributed by atoms with Gasteiger partial charge in [-0.05, 0) is 37.1 Å². The van der Waals surface area contributed by atoms with Gasteiger partial charge in [0.15, 0.2) is 0 Å². The molecule has 2 heterocycles. The largest absolute Gasteiger partial charge is 0.326 e. The Morgan fingerprint density at radius 2 is 1.77 bits per heavy atom. The predicted molar refractivity (Wildman–Crippen MR) is 120 cm³/mol. The summed E-state index contributed by atoms with van der Waals surface area (Å²) in [6.07, 6.45) is 5.21. The Labute approximate surface area is 183 Å². The molecule has 2 atom stereocenters. The zero-order chi connectivity index (χ0) is 21.4. The molecule has 2 aliphatic rings. The van der Waals surface area contributed by atoms with Gasteiger partial charge in [-0.3, -0.25) is 19.3 Å². The van der Waals surface area contributed by atoms with Crippen LogP contribution < -0.4 is 5.32 Å². The lowest BCUT2D eigenvalue weighted by molar-refractivity contribution is -0.140. The highest BCUT2D eigenvalue weighted by Gasteiger charge is 2.46. The van der Waals surface area contributed by atoms with Crippen molar-refractivity contribution in [1.29, 1.82) is 0 Å². The van der Waals surface area contributed by atoms with Gasteiger partial charge in [0.1, 0.15) is 5.01 Å². The second-order valence-electron chi connectivity index (χ2n) is 7.85. The number of nitrogens with zero attached hydrogens (tertiary/aromatic N) is 2. The lowest BCUT2D eigenvalue weighted by Crippen LogP contribution is -2.34. The van der Waals surface area contributed by atoms with Gasteiger partial charge in [-0.2, -0.15) is 0 Å². The summed E-state index contributed by atoms with van der Waals surface area (Å²) in [4.78, 5) is 43.5. The number of amides is 3. The van der Waals surface area contributed by atoms with Gasteiger partial charge in [0.2, 0.25) is 17.7 Å². The highest BCUT2D eigenvalue weighted by molar-refractivity contribution is 7.21. The van der Waals surface area contributed by atoms with E-state index in [1.165, 1.54) is 4.90 Å². The monoisotopic (exact) mass is 431 g/mol. The average Bonchev–Trinajstić information content (AvgIpc) is 3.33. The lowest BCUT2D eigenvalue weighted by atomic mass is 9.85. The SMILES string of the molecule is O=C(CCN1C(=O)C2CC=CCC2C1=O)Nc1cccc(-c2nc3ccccc3s2)c1. The number of fused-ring (bicyclic) bond motifs is 2. The number of rotatable bonds is 5. The van der Waals surface area contributed by atoms with E-state index < -0.39 is 0 Å². The van der Waals surface area contributed by atoms with Crippen LogP contribution in [-0.4, -0.2) is 34.2 Å². The summed E-state index contributed by atoms with van der Waals surface area (Å²) in [6, 6.07) is 15.5. The van der Waals surface area contributed by atoms with Crippen LogP contribution in [-0.2, 0) is 14.4 Å². The Kier molecular flexibility index (Phi) is 5.11. The Morgan fingerprint density at radius 3 is 2.52 bits per heavy atom. The molecule has 1 N–H and O–H groups in total. The van der Waals surface area contributed by atoms with Crippen molar-refractivity contribution in [3.8, 4) is 10.6 Å². The Bertz CT molecular complexity index is 1160. The molecule has 1 saturated heterocycles. The standard InChI is InChI=1S/C24H21N3O3S/c28-21(12-13-27-23(29)17-8-1-2-9-18(17)24(27)30)25-16-7-5-6-15(14-16)22-26-19-10-3-4-11-20(19)31-22/h1-7,10-11,14,17-18H,8-9,12-13H2,(H,25,28). The molecule has 0 bridgehead atoms. The number of thiazole rings is 1. The Hall–Kier alpha value is -3.32. The summed E-state index contributed by atoms with van der Waals surface area (Å²) in [5, 5.41) is 3.77. The van der Waals surface area contributed by atoms with Crippen molar-refractivity contribution in [2.45, 2.75) is 19.3 Å². The van der Waals surface area contributed by atoms with Crippen molar-refractivity contribution < 1.29 is 14.4 Å². The van der Waals surface area contributed by atoms with Crippen molar-refractivity contribution in [2.75, 3.05) is 11.9 Å². The van der Waals surface area contributed by atoms with E-state index >= 15 is 0 Å². The smallest absolute Gasteiger partial charge is 0.233 e. The zero-order valence-electron chi connectivity index (χ0n) is 16.8. The molecule has 3 amide bonds. The van der Waals surface area contributed by atoms with Crippen molar-refractivity contribution in [3.05, 3.63) is 60.7 Å². The minimum Gasteiger partial charge on any atom is -0.326 e. The third-order valence-corrected chi connectivity index (χ3v) is 6.93. The summed E-state index contributed by atoms with van der Waals surface area (Å²) in [7, 11) is 0. The van der Waals surface area contributed by atoms with Gasteiger partial charge in [0.25, 0.3) is 0 Å². The zero-order valence-corrected chi connectivity index (χ0v) is 17.6. The molecule has 6 nitrogen and oxygen atoms in total. The topological polar surface area (TPSA) is 79.4 Å². The summed E-state index contributed by atoms with van der Waals surface area (Å²) >= 11 is 1.60. The molecular weight excluding hydrogens is 410 g/mol. The van der Waals surface area contributed by atoms with Gasteiger partial charge >= 0.3 is 0 Å². The first kappa shape index (κ1) is 19.6. The number of nitrogens with one attached hydrogen (secondary N) is 1. The highest BCUT2D eigenvalue weighted by atomic mass is 32.1. The first-order valence-electron chi connectivity index (χ1n) is 10.4. The molecular formula is C24H21N3O3S. The summed E-state index contributed by atoms with van der Waals surface area (Å²) < 4.78 is 1.11. The maximum absolute atomic E-state index is 12.5. The number of imide groups is 1. The van der Waals surface area contributed by atoms with E-state index in [2.05, 4.69) is 10.3 Å². The fourth-order valence-corrected chi connectivity index (χ4v) is 5.21. The van der Waals surface area contributed by atoms with Crippen molar-refractivity contribution in [2.24, 2.45) is 11.8 Å². The highest BCUT2D eigenvalue weighted by Crippen LogP contribution is 2.35. The fraction of sp³-hybridized carbons (Fsp3) is 0.250. The molecule has 1 aromatic heterocycles. The number of allylic oxidation sites excluding steroid dienone is 2. The Morgan fingerprint density at radius 1 is 1.03 bits per heavy atom. The molecule has 0 radical (unpaired) electrons. The number of anilines is 1. The number of likely N-dealkylation sites (tertiary alicyclic amines) is 1. The van der Waals surface area contributed by atoms with Gasteiger partial charge in [0.05, 0.1) is 22.1 Å². The molecule has 31 heavy (non-hydrogen) atoms. The van der Waals surface area contributed by atoms with Crippen LogP contribution in [0.15, 0.2) is 60.7 Å². The van der Waals surface area contributed by atoms with Crippen LogP contribution in [0.2, 0.25) is 0 Å². The molecule has 5 rings (SSSR count). The minimum atomic E-state index is -0.258. The van der Waals surface area contributed by atoms with E-state index in [1.54, 1.807) is 11.3 Å². The molecule has 2 unspecified atom stereocenters. The first-order valence-corrected chi connectivity index (χ1v) is 11.2. The quantitative estimate of drug-likeness (QED) is 0.484. The van der Waals surface area contributed by atoms with Crippen LogP contribution in [0.25, 0.3) is 20.8 Å². The molecule has 1 aliphatic heterocycles. The molecule has 156 valence electrons. The molecule has 7 heteroatoms. The third kappa shape index (κ3) is 3.77.